The highest BCUT2D eigenvalue weighted by molar-refractivity contribution is 5.00. The Balaban J connectivity index is 1.58. The number of fused-ring (bicyclic) bond motifs is 1. The Morgan fingerprint density at radius 3 is 1.97 bits per heavy atom. The summed E-state index contributed by atoms with van der Waals surface area (Å²) in [4.78, 5) is 0. The van der Waals surface area contributed by atoms with E-state index < -0.39 is 86.1 Å². The first-order valence-electron chi connectivity index (χ1n) is 12.4. The summed E-state index contributed by atoms with van der Waals surface area (Å²) in [5.74, 6) is -0.518. The molecular formula is C23H40O12. The van der Waals surface area contributed by atoms with Crippen LogP contribution in [0.25, 0.3) is 0 Å². The van der Waals surface area contributed by atoms with Crippen molar-refractivity contribution in [2.45, 2.75) is 112 Å². The Morgan fingerprint density at radius 1 is 0.714 bits per heavy atom. The highest BCUT2D eigenvalue weighted by Crippen LogP contribution is 2.44. The van der Waals surface area contributed by atoms with E-state index in [1.807, 2.05) is 0 Å². The smallest absolute Gasteiger partial charge is 0.187 e. The molecule has 4 fully saturated rings. The van der Waals surface area contributed by atoms with E-state index in [0.717, 1.165) is 0 Å². The quantitative estimate of drug-likeness (QED) is 0.196. The van der Waals surface area contributed by atoms with Crippen molar-refractivity contribution in [2.75, 3.05) is 20.8 Å². The van der Waals surface area contributed by atoms with Gasteiger partial charge < -0.3 is 59.4 Å². The second-order valence-corrected chi connectivity index (χ2v) is 10.4. The van der Waals surface area contributed by atoms with Gasteiger partial charge in [-0.1, -0.05) is 0 Å². The van der Waals surface area contributed by atoms with E-state index in [0.29, 0.717) is 25.7 Å². The minimum Gasteiger partial charge on any atom is -0.394 e. The Bertz CT molecular complexity index is 667. The zero-order valence-electron chi connectivity index (χ0n) is 20.1. The number of rotatable bonds is 6. The van der Waals surface area contributed by atoms with Gasteiger partial charge in [-0.25, -0.2) is 0 Å². The Hall–Kier alpha value is -0.480. The van der Waals surface area contributed by atoms with Gasteiger partial charge in [-0.2, -0.15) is 0 Å². The predicted molar refractivity (Wildman–Crippen MR) is 117 cm³/mol. The predicted octanol–water partition coefficient (Wildman–Crippen LogP) is -2.74. The van der Waals surface area contributed by atoms with E-state index in [-0.39, 0.29) is 18.3 Å². The fraction of sp³-hybridized carbons (Fsp3) is 1.00. The van der Waals surface area contributed by atoms with Gasteiger partial charge in [-0.15, -0.1) is 0 Å². The molecule has 0 bridgehead atoms. The topological polar surface area (TPSA) is 188 Å². The second kappa shape index (κ2) is 11.5. The molecule has 0 radical (unpaired) electrons. The number of aliphatic hydroxyl groups excluding tert-OH is 7. The van der Waals surface area contributed by atoms with Crippen LogP contribution in [0.2, 0.25) is 0 Å². The Labute approximate surface area is 204 Å². The Kier molecular flexibility index (Phi) is 9.05. The molecular weight excluding hydrogens is 468 g/mol. The number of aliphatic hydroxyl groups is 7. The van der Waals surface area contributed by atoms with Gasteiger partial charge in [0.2, 0.25) is 0 Å². The van der Waals surface area contributed by atoms with Gasteiger partial charge in [-0.05, 0) is 38.0 Å². The van der Waals surface area contributed by atoms with Crippen molar-refractivity contribution >= 4 is 0 Å². The van der Waals surface area contributed by atoms with Gasteiger partial charge in [0.25, 0.3) is 0 Å². The first-order chi connectivity index (χ1) is 16.7. The molecule has 2 heterocycles. The van der Waals surface area contributed by atoms with Crippen molar-refractivity contribution < 1.29 is 59.4 Å². The lowest BCUT2D eigenvalue weighted by atomic mass is 9.72. The van der Waals surface area contributed by atoms with E-state index in [1.165, 1.54) is 14.2 Å². The summed E-state index contributed by atoms with van der Waals surface area (Å²) in [7, 11) is 3.02. The number of ether oxygens (including phenoxy) is 5. The molecule has 4 aliphatic rings. The van der Waals surface area contributed by atoms with Crippen LogP contribution in [-0.4, -0.2) is 136 Å². The largest absolute Gasteiger partial charge is 0.394 e. The average molecular weight is 509 g/mol. The van der Waals surface area contributed by atoms with Gasteiger partial charge >= 0.3 is 0 Å². The van der Waals surface area contributed by atoms with Crippen LogP contribution in [-0.2, 0) is 23.7 Å². The van der Waals surface area contributed by atoms with E-state index in [2.05, 4.69) is 0 Å². The van der Waals surface area contributed by atoms with E-state index in [1.54, 1.807) is 0 Å². The molecule has 12 nitrogen and oxygen atoms in total. The van der Waals surface area contributed by atoms with Crippen LogP contribution in [0.15, 0.2) is 0 Å². The van der Waals surface area contributed by atoms with E-state index >= 15 is 0 Å². The van der Waals surface area contributed by atoms with Gasteiger partial charge in [0.1, 0.15) is 30.5 Å². The van der Waals surface area contributed by atoms with Gasteiger partial charge in [0.05, 0.1) is 49.3 Å². The normalized spacial score (nSPS) is 53.2. The van der Waals surface area contributed by atoms with Gasteiger partial charge in [-0.3, -0.25) is 0 Å². The lowest BCUT2D eigenvalue weighted by Gasteiger charge is -2.51. The molecule has 0 spiro atoms. The van der Waals surface area contributed by atoms with Gasteiger partial charge in [0, 0.05) is 20.1 Å². The van der Waals surface area contributed by atoms with Crippen molar-refractivity contribution in [2.24, 2.45) is 11.8 Å². The monoisotopic (exact) mass is 508 g/mol. The van der Waals surface area contributed by atoms with Crippen LogP contribution < -0.4 is 0 Å². The maximum absolute atomic E-state index is 10.6. The molecule has 35 heavy (non-hydrogen) atoms. The zero-order valence-corrected chi connectivity index (χ0v) is 20.1. The molecule has 0 amide bonds. The molecule has 2 aliphatic carbocycles. The highest BCUT2D eigenvalue weighted by atomic mass is 16.7. The third-order valence-corrected chi connectivity index (χ3v) is 8.25. The lowest BCUT2D eigenvalue weighted by molar-refractivity contribution is -0.334. The Morgan fingerprint density at radius 2 is 1.37 bits per heavy atom. The molecule has 0 aromatic heterocycles. The third kappa shape index (κ3) is 5.54. The van der Waals surface area contributed by atoms with E-state index in [9.17, 15) is 35.7 Å². The fourth-order valence-corrected chi connectivity index (χ4v) is 6.25. The molecule has 0 aromatic carbocycles. The molecule has 2 saturated heterocycles. The lowest BCUT2D eigenvalue weighted by Crippen LogP contribution is -2.62. The summed E-state index contributed by atoms with van der Waals surface area (Å²) in [6.07, 6.45) is -10.4. The second-order valence-electron chi connectivity index (χ2n) is 10.4. The fourth-order valence-electron chi connectivity index (χ4n) is 6.25. The van der Waals surface area contributed by atoms with Crippen LogP contribution in [0.1, 0.15) is 32.1 Å². The molecule has 13 atom stereocenters. The molecule has 204 valence electrons. The van der Waals surface area contributed by atoms with Gasteiger partial charge in [0.15, 0.2) is 6.29 Å². The van der Waals surface area contributed by atoms with Crippen molar-refractivity contribution in [3.8, 4) is 0 Å². The van der Waals surface area contributed by atoms with Crippen LogP contribution >= 0.6 is 0 Å². The maximum Gasteiger partial charge on any atom is 0.187 e. The summed E-state index contributed by atoms with van der Waals surface area (Å²) in [5.41, 5.74) is 0. The molecule has 4 rings (SSSR count). The number of methoxy groups -OCH3 is 2. The minimum atomic E-state index is -1.59. The average Bonchev–Trinajstić information content (AvgIpc) is 2.84. The van der Waals surface area contributed by atoms with Crippen molar-refractivity contribution in [1.29, 1.82) is 0 Å². The summed E-state index contributed by atoms with van der Waals surface area (Å²) in [5, 5.41) is 71.8. The summed E-state index contributed by atoms with van der Waals surface area (Å²) in [6.45, 7) is -0.581. The highest BCUT2D eigenvalue weighted by Gasteiger charge is 2.52. The molecule has 2 saturated carbocycles. The van der Waals surface area contributed by atoms with Crippen LogP contribution in [0.4, 0.5) is 0 Å². The van der Waals surface area contributed by atoms with Crippen molar-refractivity contribution in [3.63, 3.8) is 0 Å². The summed E-state index contributed by atoms with van der Waals surface area (Å²) in [6, 6.07) is 0. The molecule has 2 aliphatic heterocycles. The standard InChI is InChI=1S/C23H40O12/c1-31-14-3-9(4-15(32-2)18(14)27)22-16(7-11-12(26)5-10(25)6-13(11)33-22)34-23-21(30)20(29)19(28)17(8-24)35-23/h9-30H,3-8H2,1-2H3/t9?,10?,11?,12?,13?,14?,15?,16?,17-,18?,19+,20+,21-,22?,23+/m1/s1. The summed E-state index contributed by atoms with van der Waals surface area (Å²) < 4.78 is 29.2. The van der Waals surface area contributed by atoms with Crippen LogP contribution in [0, 0.1) is 11.8 Å². The number of hydrogen-bond acceptors (Lipinski definition) is 12. The van der Waals surface area contributed by atoms with E-state index in [4.69, 9.17) is 23.7 Å². The maximum atomic E-state index is 10.6. The minimum absolute atomic E-state index is 0.194. The first-order valence-corrected chi connectivity index (χ1v) is 12.4. The molecule has 8 unspecified atom stereocenters. The molecule has 7 N–H and O–H groups in total. The number of hydrogen-bond donors (Lipinski definition) is 7. The summed E-state index contributed by atoms with van der Waals surface area (Å²) >= 11 is 0. The van der Waals surface area contributed by atoms with Crippen molar-refractivity contribution in [3.05, 3.63) is 0 Å². The third-order valence-electron chi connectivity index (χ3n) is 8.25. The first kappa shape index (κ1) is 27.6. The molecule has 12 heteroatoms. The zero-order chi connectivity index (χ0) is 25.4. The van der Waals surface area contributed by atoms with Crippen LogP contribution in [0.3, 0.4) is 0 Å². The SMILES string of the molecule is COC1CC(C2OC3CC(O)CC(O)C3CC2O[C@H]2O[C@H](CO)[C@H](O)[C@H](O)[C@H]2O)CC(OC)C1O. The van der Waals surface area contributed by atoms with Crippen molar-refractivity contribution in [1.82, 2.24) is 0 Å². The molecule has 0 aromatic rings. The van der Waals surface area contributed by atoms with Crippen LogP contribution in [0.5, 0.6) is 0 Å².